The highest BCUT2D eigenvalue weighted by atomic mass is 32.2. The van der Waals surface area contributed by atoms with E-state index < -0.39 is 0 Å². The molecule has 0 saturated heterocycles. The van der Waals surface area contributed by atoms with Crippen LogP contribution < -0.4 is 5.32 Å². The van der Waals surface area contributed by atoms with Crippen LogP contribution in [-0.4, -0.2) is 17.8 Å². The maximum Gasteiger partial charge on any atom is 0.0147 e. The molecular formula is C13H17NS. The standard InChI is InChI=1S/C13H17NS/c1-2-4-13-10(3-1)9-12(15-13)7-8-14-11-5-6-11/h1-4,11-12,14H,5-9H2. The molecule has 1 aromatic rings. The van der Waals surface area contributed by atoms with E-state index in [4.69, 9.17) is 0 Å². The van der Waals surface area contributed by atoms with Gasteiger partial charge < -0.3 is 5.32 Å². The van der Waals surface area contributed by atoms with Crippen molar-refractivity contribution in [2.75, 3.05) is 6.54 Å². The Morgan fingerprint density at radius 3 is 2.93 bits per heavy atom. The summed E-state index contributed by atoms with van der Waals surface area (Å²) in [6, 6.07) is 9.70. The maximum absolute atomic E-state index is 3.60. The summed E-state index contributed by atoms with van der Waals surface area (Å²) >= 11 is 2.07. The molecule has 0 spiro atoms. The van der Waals surface area contributed by atoms with Crippen molar-refractivity contribution >= 4 is 11.8 Å². The van der Waals surface area contributed by atoms with Crippen LogP contribution in [0.5, 0.6) is 0 Å². The summed E-state index contributed by atoms with van der Waals surface area (Å²) in [6.45, 7) is 1.20. The minimum atomic E-state index is 0.814. The quantitative estimate of drug-likeness (QED) is 0.835. The molecule has 0 radical (unpaired) electrons. The molecule has 1 aromatic carbocycles. The van der Waals surface area contributed by atoms with E-state index >= 15 is 0 Å². The van der Waals surface area contributed by atoms with Gasteiger partial charge in [-0.15, -0.1) is 11.8 Å². The first-order valence-electron chi connectivity index (χ1n) is 5.90. The minimum Gasteiger partial charge on any atom is -0.314 e. The molecule has 0 amide bonds. The van der Waals surface area contributed by atoms with Gasteiger partial charge in [0.05, 0.1) is 0 Å². The van der Waals surface area contributed by atoms with Crippen LogP contribution in [0.2, 0.25) is 0 Å². The number of fused-ring (bicyclic) bond motifs is 1. The fraction of sp³-hybridized carbons (Fsp3) is 0.538. The van der Waals surface area contributed by atoms with E-state index in [1.165, 1.54) is 37.1 Å². The molecule has 1 fully saturated rings. The third kappa shape index (κ3) is 2.37. The smallest absolute Gasteiger partial charge is 0.0147 e. The number of hydrogen-bond donors (Lipinski definition) is 1. The van der Waals surface area contributed by atoms with Crippen molar-refractivity contribution in [3.05, 3.63) is 29.8 Å². The van der Waals surface area contributed by atoms with Crippen LogP contribution in [0.4, 0.5) is 0 Å². The highest BCUT2D eigenvalue weighted by Gasteiger charge is 2.23. The van der Waals surface area contributed by atoms with Crippen LogP contribution >= 0.6 is 11.8 Å². The average Bonchev–Trinajstić information content (AvgIpc) is 2.97. The second-order valence-corrected chi connectivity index (χ2v) is 5.91. The SMILES string of the molecule is c1ccc2c(c1)CC(CCNC1CC1)S2. The Bertz CT molecular complexity index is 321. The molecular weight excluding hydrogens is 202 g/mol. The Kier molecular flexibility index (Phi) is 2.72. The second-order valence-electron chi connectivity index (χ2n) is 4.57. The van der Waals surface area contributed by atoms with Crippen molar-refractivity contribution in [1.29, 1.82) is 0 Å². The van der Waals surface area contributed by atoms with Crippen LogP contribution in [0.1, 0.15) is 24.8 Å². The monoisotopic (exact) mass is 219 g/mol. The van der Waals surface area contributed by atoms with Gasteiger partial charge in [0.25, 0.3) is 0 Å². The van der Waals surface area contributed by atoms with E-state index in [1.807, 2.05) is 0 Å². The number of rotatable bonds is 4. The molecule has 2 heteroatoms. The van der Waals surface area contributed by atoms with Gasteiger partial charge in [0.2, 0.25) is 0 Å². The van der Waals surface area contributed by atoms with Gasteiger partial charge in [-0.2, -0.15) is 0 Å². The van der Waals surface area contributed by atoms with E-state index in [2.05, 4.69) is 41.3 Å². The topological polar surface area (TPSA) is 12.0 Å². The Balaban J connectivity index is 1.50. The summed E-state index contributed by atoms with van der Waals surface area (Å²) in [7, 11) is 0. The van der Waals surface area contributed by atoms with E-state index in [-0.39, 0.29) is 0 Å². The molecule has 1 nitrogen and oxygen atoms in total. The van der Waals surface area contributed by atoms with Gasteiger partial charge >= 0.3 is 0 Å². The lowest BCUT2D eigenvalue weighted by atomic mass is 10.1. The zero-order valence-corrected chi connectivity index (χ0v) is 9.72. The lowest BCUT2D eigenvalue weighted by molar-refractivity contribution is 0.631. The molecule has 0 aromatic heterocycles. The van der Waals surface area contributed by atoms with E-state index in [1.54, 1.807) is 5.56 Å². The molecule has 1 unspecified atom stereocenters. The summed E-state index contributed by atoms with van der Waals surface area (Å²) < 4.78 is 0. The number of benzene rings is 1. The summed E-state index contributed by atoms with van der Waals surface area (Å²) in [6.07, 6.45) is 5.39. The minimum absolute atomic E-state index is 0.814. The van der Waals surface area contributed by atoms with Crippen LogP contribution in [0.25, 0.3) is 0 Å². The second kappa shape index (κ2) is 4.18. The summed E-state index contributed by atoms with van der Waals surface area (Å²) in [4.78, 5) is 1.51. The maximum atomic E-state index is 3.60. The van der Waals surface area contributed by atoms with Crippen molar-refractivity contribution < 1.29 is 0 Å². The van der Waals surface area contributed by atoms with Crippen LogP contribution in [0.3, 0.4) is 0 Å². The zero-order valence-electron chi connectivity index (χ0n) is 8.91. The van der Waals surface area contributed by atoms with Crippen LogP contribution in [-0.2, 0) is 6.42 Å². The molecule has 1 aliphatic carbocycles. The van der Waals surface area contributed by atoms with Crippen LogP contribution in [0, 0.1) is 0 Å². The van der Waals surface area contributed by atoms with Gasteiger partial charge in [0.15, 0.2) is 0 Å². The Morgan fingerprint density at radius 1 is 1.27 bits per heavy atom. The van der Waals surface area contributed by atoms with Crippen molar-refractivity contribution in [3.63, 3.8) is 0 Å². The molecule has 1 heterocycles. The summed E-state index contributed by atoms with van der Waals surface area (Å²) in [5.74, 6) is 0. The fourth-order valence-electron chi connectivity index (χ4n) is 2.15. The van der Waals surface area contributed by atoms with E-state index in [9.17, 15) is 0 Å². The lowest BCUT2D eigenvalue weighted by Gasteiger charge is -2.08. The first kappa shape index (κ1) is 9.73. The molecule has 3 rings (SSSR count). The van der Waals surface area contributed by atoms with Gasteiger partial charge in [0, 0.05) is 16.2 Å². The summed E-state index contributed by atoms with van der Waals surface area (Å²) in [5.41, 5.74) is 1.55. The molecule has 1 atom stereocenters. The number of thioether (sulfide) groups is 1. The molecule has 15 heavy (non-hydrogen) atoms. The first-order chi connectivity index (χ1) is 7.42. The van der Waals surface area contributed by atoms with Crippen molar-refractivity contribution in [3.8, 4) is 0 Å². The molecule has 1 saturated carbocycles. The van der Waals surface area contributed by atoms with Gasteiger partial charge in [-0.25, -0.2) is 0 Å². The van der Waals surface area contributed by atoms with Crippen molar-refractivity contribution in [2.24, 2.45) is 0 Å². The highest BCUT2D eigenvalue weighted by Crippen LogP contribution is 2.38. The predicted molar refractivity (Wildman–Crippen MR) is 65.4 cm³/mol. The molecule has 2 aliphatic rings. The van der Waals surface area contributed by atoms with Gasteiger partial charge in [0.1, 0.15) is 0 Å². The Morgan fingerprint density at radius 2 is 2.13 bits per heavy atom. The van der Waals surface area contributed by atoms with Crippen molar-refractivity contribution in [2.45, 2.75) is 41.9 Å². The third-order valence-corrected chi connectivity index (χ3v) is 4.58. The predicted octanol–water partition coefficient (Wildman–Crippen LogP) is 2.85. The third-order valence-electron chi connectivity index (χ3n) is 3.19. The molecule has 1 aliphatic heterocycles. The highest BCUT2D eigenvalue weighted by molar-refractivity contribution is 8.00. The van der Waals surface area contributed by atoms with E-state index in [0.717, 1.165) is 11.3 Å². The molecule has 0 bridgehead atoms. The summed E-state index contributed by atoms with van der Waals surface area (Å²) in [5, 5.41) is 4.41. The van der Waals surface area contributed by atoms with Crippen LogP contribution in [0.15, 0.2) is 29.2 Å². The molecule has 80 valence electrons. The van der Waals surface area contributed by atoms with Crippen molar-refractivity contribution in [1.82, 2.24) is 5.32 Å². The van der Waals surface area contributed by atoms with E-state index in [0.29, 0.717) is 0 Å². The van der Waals surface area contributed by atoms with Gasteiger partial charge in [-0.3, -0.25) is 0 Å². The Hall–Kier alpha value is -0.470. The fourth-order valence-corrected chi connectivity index (χ4v) is 3.47. The number of hydrogen-bond acceptors (Lipinski definition) is 2. The lowest BCUT2D eigenvalue weighted by Crippen LogP contribution is -2.20. The molecule has 1 N–H and O–H groups in total. The first-order valence-corrected chi connectivity index (χ1v) is 6.78. The average molecular weight is 219 g/mol. The zero-order chi connectivity index (χ0) is 10.1. The number of nitrogens with one attached hydrogen (secondary N) is 1. The largest absolute Gasteiger partial charge is 0.314 e. The van der Waals surface area contributed by atoms with Gasteiger partial charge in [-0.1, -0.05) is 18.2 Å². The Labute approximate surface area is 95.6 Å². The normalized spacial score (nSPS) is 24.1. The van der Waals surface area contributed by atoms with Gasteiger partial charge in [-0.05, 0) is 43.9 Å².